The minimum atomic E-state index is -0.679. The number of aliphatic hydroxyl groups excluding tert-OH is 2. The van der Waals surface area contributed by atoms with Crippen LogP contribution in [-0.4, -0.2) is 27.4 Å². The minimum absolute atomic E-state index is 0.451. The topological polar surface area (TPSA) is 53.4 Å². The van der Waals surface area contributed by atoms with Crippen molar-refractivity contribution < 1.29 is 10.2 Å². The molecule has 0 aromatic carbocycles. The van der Waals surface area contributed by atoms with Gasteiger partial charge in [-0.2, -0.15) is 0 Å². The molecule has 68 valence electrons. The van der Waals surface area contributed by atoms with Gasteiger partial charge < -0.3 is 10.2 Å². The van der Waals surface area contributed by atoms with E-state index >= 15 is 0 Å². The molecule has 0 radical (unpaired) electrons. The molecule has 1 aromatic heterocycles. The Hall–Kier alpha value is -0.450. The Kier molecular flexibility index (Phi) is 3.65. The third-order valence-electron chi connectivity index (χ3n) is 1.73. The summed E-state index contributed by atoms with van der Waals surface area (Å²) in [5.74, 6) is 0. The van der Waals surface area contributed by atoms with Gasteiger partial charge in [0.1, 0.15) is 0 Å². The number of thiazole rings is 1. The standard InChI is InChI=1S/C8H13NO2S/c1-2-6(10)7(11)5-8-9-3-4-12-8/h3-4,6-7,10-11H,2,5H2,1H3. The Morgan fingerprint density at radius 3 is 2.75 bits per heavy atom. The van der Waals surface area contributed by atoms with E-state index in [0.29, 0.717) is 12.8 Å². The molecule has 0 saturated heterocycles. The largest absolute Gasteiger partial charge is 0.390 e. The minimum Gasteiger partial charge on any atom is -0.390 e. The van der Waals surface area contributed by atoms with Crippen LogP contribution in [0.5, 0.6) is 0 Å². The third kappa shape index (κ3) is 2.55. The molecule has 4 heteroatoms. The molecular formula is C8H13NO2S. The fourth-order valence-electron chi connectivity index (χ4n) is 0.941. The van der Waals surface area contributed by atoms with Crippen molar-refractivity contribution in [3.8, 4) is 0 Å². The zero-order valence-corrected chi connectivity index (χ0v) is 7.79. The van der Waals surface area contributed by atoms with E-state index in [1.54, 1.807) is 6.20 Å². The summed E-state index contributed by atoms with van der Waals surface area (Å²) in [6, 6.07) is 0. The van der Waals surface area contributed by atoms with E-state index in [9.17, 15) is 10.2 Å². The number of aromatic nitrogens is 1. The first-order valence-corrected chi connectivity index (χ1v) is 4.86. The summed E-state index contributed by atoms with van der Waals surface area (Å²) in [6.45, 7) is 1.84. The molecule has 2 unspecified atom stereocenters. The van der Waals surface area contributed by atoms with E-state index < -0.39 is 12.2 Å². The molecule has 0 aliphatic heterocycles. The Balaban J connectivity index is 2.41. The molecule has 1 rings (SSSR count). The summed E-state index contributed by atoms with van der Waals surface area (Å²) < 4.78 is 0. The molecule has 1 heterocycles. The van der Waals surface area contributed by atoms with Crippen molar-refractivity contribution in [1.29, 1.82) is 0 Å². The fourth-order valence-corrected chi connectivity index (χ4v) is 1.61. The van der Waals surface area contributed by atoms with Gasteiger partial charge in [-0.15, -0.1) is 11.3 Å². The van der Waals surface area contributed by atoms with Crippen LogP contribution in [0.1, 0.15) is 18.4 Å². The SMILES string of the molecule is CCC(O)C(O)Cc1nccs1. The number of aliphatic hydroxyl groups is 2. The maximum atomic E-state index is 9.41. The Labute approximate surface area is 75.7 Å². The first kappa shape index (κ1) is 9.64. The van der Waals surface area contributed by atoms with Crippen molar-refractivity contribution in [2.24, 2.45) is 0 Å². The van der Waals surface area contributed by atoms with Gasteiger partial charge in [-0.25, -0.2) is 4.98 Å². The van der Waals surface area contributed by atoms with Crippen LogP contribution >= 0.6 is 11.3 Å². The second-order valence-corrected chi connectivity index (χ2v) is 3.65. The van der Waals surface area contributed by atoms with Crippen molar-refractivity contribution in [3.05, 3.63) is 16.6 Å². The molecule has 0 spiro atoms. The predicted octanol–water partition coefficient (Wildman–Crippen LogP) is 0.817. The van der Waals surface area contributed by atoms with Crippen LogP contribution in [0.15, 0.2) is 11.6 Å². The van der Waals surface area contributed by atoms with Crippen LogP contribution in [0.25, 0.3) is 0 Å². The van der Waals surface area contributed by atoms with Crippen molar-refractivity contribution in [3.63, 3.8) is 0 Å². The fraction of sp³-hybridized carbons (Fsp3) is 0.625. The normalized spacial score (nSPS) is 15.9. The van der Waals surface area contributed by atoms with Crippen LogP contribution in [0.4, 0.5) is 0 Å². The molecule has 0 fully saturated rings. The van der Waals surface area contributed by atoms with E-state index in [1.165, 1.54) is 11.3 Å². The molecule has 1 aromatic rings. The molecule has 0 amide bonds. The van der Waals surface area contributed by atoms with Gasteiger partial charge in [0.05, 0.1) is 17.2 Å². The van der Waals surface area contributed by atoms with Gasteiger partial charge in [-0.1, -0.05) is 6.92 Å². The lowest BCUT2D eigenvalue weighted by Crippen LogP contribution is -2.27. The van der Waals surface area contributed by atoms with Crippen LogP contribution in [-0.2, 0) is 6.42 Å². The number of hydrogen-bond donors (Lipinski definition) is 2. The maximum absolute atomic E-state index is 9.41. The molecule has 0 saturated carbocycles. The molecule has 0 bridgehead atoms. The Morgan fingerprint density at radius 1 is 1.50 bits per heavy atom. The predicted molar refractivity (Wildman–Crippen MR) is 48.1 cm³/mol. The molecule has 12 heavy (non-hydrogen) atoms. The second-order valence-electron chi connectivity index (χ2n) is 2.67. The van der Waals surface area contributed by atoms with Crippen molar-refractivity contribution in [2.75, 3.05) is 0 Å². The van der Waals surface area contributed by atoms with Crippen LogP contribution in [0.3, 0.4) is 0 Å². The summed E-state index contributed by atoms with van der Waals surface area (Å²) in [5.41, 5.74) is 0. The van der Waals surface area contributed by atoms with Gasteiger partial charge in [0.25, 0.3) is 0 Å². The summed E-state index contributed by atoms with van der Waals surface area (Å²) in [4.78, 5) is 4.02. The van der Waals surface area contributed by atoms with E-state index in [4.69, 9.17) is 0 Å². The summed E-state index contributed by atoms with van der Waals surface area (Å²) in [5, 5.41) is 21.4. The lowest BCUT2D eigenvalue weighted by atomic mass is 10.1. The summed E-state index contributed by atoms with van der Waals surface area (Å²) in [6.07, 6.45) is 1.42. The Bertz CT molecular complexity index is 213. The highest BCUT2D eigenvalue weighted by atomic mass is 32.1. The van der Waals surface area contributed by atoms with E-state index in [1.807, 2.05) is 12.3 Å². The highest BCUT2D eigenvalue weighted by Gasteiger charge is 2.15. The van der Waals surface area contributed by atoms with E-state index in [-0.39, 0.29) is 0 Å². The summed E-state index contributed by atoms with van der Waals surface area (Å²) >= 11 is 1.50. The quantitative estimate of drug-likeness (QED) is 0.733. The first-order chi connectivity index (χ1) is 5.74. The zero-order valence-electron chi connectivity index (χ0n) is 6.97. The highest BCUT2D eigenvalue weighted by molar-refractivity contribution is 7.09. The molecule has 3 nitrogen and oxygen atoms in total. The zero-order chi connectivity index (χ0) is 8.97. The van der Waals surface area contributed by atoms with Crippen molar-refractivity contribution in [1.82, 2.24) is 4.98 Å². The van der Waals surface area contributed by atoms with Gasteiger partial charge in [-0.05, 0) is 6.42 Å². The molecule has 0 aliphatic rings. The molecular weight excluding hydrogens is 174 g/mol. The number of rotatable bonds is 4. The van der Waals surface area contributed by atoms with Crippen molar-refractivity contribution in [2.45, 2.75) is 32.0 Å². The van der Waals surface area contributed by atoms with Gasteiger partial charge in [-0.3, -0.25) is 0 Å². The number of nitrogens with zero attached hydrogens (tertiary/aromatic N) is 1. The number of hydrogen-bond acceptors (Lipinski definition) is 4. The smallest absolute Gasteiger partial charge is 0.0951 e. The van der Waals surface area contributed by atoms with Gasteiger partial charge in [0, 0.05) is 18.0 Å². The lowest BCUT2D eigenvalue weighted by Gasteiger charge is -2.13. The third-order valence-corrected chi connectivity index (χ3v) is 2.53. The maximum Gasteiger partial charge on any atom is 0.0951 e. The monoisotopic (exact) mass is 187 g/mol. The van der Waals surface area contributed by atoms with Crippen molar-refractivity contribution >= 4 is 11.3 Å². The average molecular weight is 187 g/mol. The van der Waals surface area contributed by atoms with Gasteiger partial charge in [0.15, 0.2) is 0 Å². The van der Waals surface area contributed by atoms with Crippen LogP contribution < -0.4 is 0 Å². The molecule has 0 aliphatic carbocycles. The highest BCUT2D eigenvalue weighted by Crippen LogP contribution is 2.10. The van der Waals surface area contributed by atoms with Crippen LogP contribution in [0, 0.1) is 0 Å². The van der Waals surface area contributed by atoms with Gasteiger partial charge in [0.2, 0.25) is 0 Å². The Morgan fingerprint density at radius 2 is 2.25 bits per heavy atom. The molecule has 2 N–H and O–H groups in total. The second kappa shape index (κ2) is 4.54. The lowest BCUT2D eigenvalue weighted by molar-refractivity contribution is 0.0181. The van der Waals surface area contributed by atoms with Crippen LogP contribution in [0.2, 0.25) is 0 Å². The summed E-state index contributed by atoms with van der Waals surface area (Å²) in [7, 11) is 0. The average Bonchev–Trinajstić information content (AvgIpc) is 2.55. The first-order valence-electron chi connectivity index (χ1n) is 3.98. The molecule has 2 atom stereocenters. The van der Waals surface area contributed by atoms with E-state index in [0.717, 1.165) is 5.01 Å². The van der Waals surface area contributed by atoms with E-state index in [2.05, 4.69) is 4.98 Å². The van der Waals surface area contributed by atoms with Gasteiger partial charge >= 0.3 is 0 Å².